The summed E-state index contributed by atoms with van der Waals surface area (Å²) >= 11 is 0. The fraction of sp³-hybridized carbons (Fsp3) is 0.211. The van der Waals surface area contributed by atoms with E-state index >= 15 is 0 Å². The van der Waals surface area contributed by atoms with E-state index in [1.54, 1.807) is 0 Å². The molecule has 0 amide bonds. The van der Waals surface area contributed by atoms with Gasteiger partial charge in [-0.2, -0.15) is 0 Å². The number of hydrogen-bond donors (Lipinski definition) is 0. The first-order valence-corrected chi connectivity index (χ1v) is 7.64. The molecule has 2 nitrogen and oxygen atoms in total. The number of rotatable bonds is 2. The maximum absolute atomic E-state index is 4.91. The minimum atomic E-state index is 1.01. The van der Waals surface area contributed by atoms with Gasteiger partial charge in [-0.25, -0.2) is 4.98 Å². The van der Waals surface area contributed by atoms with Crippen LogP contribution in [0.2, 0.25) is 0 Å². The Morgan fingerprint density at radius 2 is 1.48 bits per heavy atom. The van der Waals surface area contributed by atoms with Gasteiger partial charge in [0.1, 0.15) is 5.65 Å². The second kappa shape index (κ2) is 4.59. The summed E-state index contributed by atoms with van der Waals surface area (Å²) in [6.45, 7) is 4.46. The lowest BCUT2D eigenvalue weighted by molar-refractivity contribution is 1.04. The highest BCUT2D eigenvalue weighted by atomic mass is 15.0. The zero-order chi connectivity index (χ0) is 14.4. The van der Waals surface area contributed by atoms with Crippen molar-refractivity contribution >= 4 is 27.6 Å². The summed E-state index contributed by atoms with van der Waals surface area (Å²) in [5, 5.41) is 1.35. The fourth-order valence-electron chi connectivity index (χ4n) is 3.47. The SMILES string of the molecule is CCc1c(CC)c2nc3ccccc3n2c2ccccc12. The molecule has 0 saturated carbocycles. The van der Waals surface area contributed by atoms with Crippen molar-refractivity contribution in [3.63, 3.8) is 0 Å². The Bertz CT molecular complexity index is 963. The maximum Gasteiger partial charge on any atom is 0.141 e. The van der Waals surface area contributed by atoms with Gasteiger partial charge in [-0.3, -0.25) is 4.40 Å². The van der Waals surface area contributed by atoms with E-state index in [0.29, 0.717) is 0 Å². The van der Waals surface area contributed by atoms with Crippen molar-refractivity contribution in [3.05, 3.63) is 59.7 Å². The second-order valence-electron chi connectivity index (χ2n) is 5.44. The number of imidazole rings is 1. The van der Waals surface area contributed by atoms with Crippen molar-refractivity contribution in [3.8, 4) is 0 Å². The zero-order valence-corrected chi connectivity index (χ0v) is 12.4. The first-order chi connectivity index (χ1) is 10.3. The first kappa shape index (κ1) is 12.4. The minimum absolute atomic E-state index is 1.01. The van der Waals surface area contributed by atoms with Gasteiger partial charge in [0.2, 0.25) is 0 Å². The van der Waals surface area contributed by atoms with Gasteiger partial charge in [0, 0.05) is 5.39 Å². The van der Waals surface area contributed by atoms with Crippen molar-refractivity contribution in [2.75, 3.05) is 0 Å². The van der Waals surface area contributed by atoms with Crippen molar-refractivity contribution in [2.24, 2.45) is 0 Å². The van der Waals surface area contributed by atoms with Crippen LogP contribution in [0.5, 0.6) is 0 Å². The molecule has 2 aromatic carbocycles. The zero-order valence-electron chi connectivity index (χ0n) is 12.4. The van der Waals surface area contributed by atoms with Gasteiger partial charge in [0.15, 0.2) is 0 Å². The van der Waals surface area contributed by atoms with E-state index in [9.17, 15) is 0 Å². The van der Waals surface area contributed by atoms with Gasteiger partial charge >= 0.3 is 0 Å². The molecule has 0 aliphatic carbocycles. The standard InChI is InChI=1S/C19H18N2/c1-3-13-14(4-2)19-20-16-10-6-8-12-18(16)21(19)17-11-7-5-9-15(13)17/h5-12H,3-4H2,1-2H3. The molecule has 0 bridgehead atoms. The summed E-state index contributed by atoms with van der Waals surface area (Å²) in [5.74, 6) is 0. The Labute approximate surface area is 124 Å². The summed E-state index contributed by atoms with van der Waals surface area (Å²) in [4.78, 5) is 4.91. The van der Waals surface area contributed by atoms with E-state index in [1.165, 1.54) is 27.5 Å². The van der Waals surface area contributed by atoms with Crippen molar-refractivity contribution in [1.82, 2.24) is 9.38 Å². The molecule has 4 aromatic rings. The van der Waals surface area contributed by atoms with E-state index in [4.69, 9.17) is 4.98 Å². The van der Waals surface area contributed by atoms with Crippen molar-refractivity contribution in [2.45, 2.75) is 26.7 Å². The Morgan fingerprint density at radius 3 is 2.24 bits per heavy atom. The van der Waals surface area contributed by atoms with Crippen molar-refractivity contribution < 1.29 is 0 Å². The third-order valence-electron chi connectivity index (χ3n) is 4.37. The van der Waals surface area contributed by atoms with Crippen LogP contribution in [0.1, 0.15) is 25.0 Å². The predicted octanol–water partition coefficient (Wildman–Crippen LogP) is 4.77. The van der Waals surface area contributed by atoms with Crippen LogP contribution in [0.15, 0.2) is 48.5 Å². The third-order valence-corrected chi connectivity index (χ3v) is 4.37. The molecule has 2 heteroatoms. The smallest absolute Gasteiger partial charge is 0.141 e. The number of aryl methyl sites for hydroxylation is 2. The number of para-hydroxylation sites is 3. The van der Waals surface area contributed by atoms with Crippen molar-refractivity contribution in [1.29, 1.82) is 0 Å². The van der Waals surface area contributed by atoms with Crippen LogP contribution in [0.3, 0.4) is 0 Å². The molecular formula is C19H18N2. The first-order valence-electron chi connectivity index (χ1n) is 7.64. The van der Waals surface area contributed by atoms with Crippen LogP contribution in [-0.4, -0.2) is 9.38 Å². The van der Waals surface area contributed by atoms with Crippen LogP contribution in [0.25, 0.3) is 27.6 Å². The van der Waals surface area contributed by atoms with Crippen LogP contribution < -0.4 is 0 Å². The van der Waals surface area contributed by atoms with Gasteiger partial charge < -0.3 is 0 Å². The average Bonchev–Trinajstić information content (AvgIpc) is 2.92. The van der Waals surface area contributed by atoms with E-state index in [2.05, 4.69) is 66.8 Å². The van der Waals surface area contributed by atoms with Crippen LogP contribution in [0.4, 0.5) is 0 Å². The van der Waals surface area contributed by atoms with E-state index < -0.39 is 0 Å². The normalized spacial score (nSPS) is 11.7. The lowest BCUT2D eigenvalue weighted by atomic mass is 9.99. The molecule has 2 aromatic heterocycles. The van der Waals surface area contributed by atoms with Crippen LogP contribution in [-0.2, 0) is 12.8 Å². The quantitative estimate of drug-likeness (QED) is 0.515. The van der Waals surface area contributed by atoms with Gasteiger partial charge in [0.25, 0.3) is 0 Å². The van der Waals surface area contributed by atoms with Gasteiger partial charge in [-0.05, 0) is 42.2 Å². The number of hydrogen-bond acceptors (Lipinski definition) is 1. The van der Waals surface area contributed by atoms with E-state index in [-0.39, 0.29) is 0 Å². The highest BCUT2D eigenvalue weighted by Crippen LogP contribution is 2.30. The molecule has 0 fully saturated rings. The van der Waals surface area contributed by atoms with Gasteiger partial charge in [-0.1, -0.05) is 44.2 Å². The molecule has 0 saturated heterocycles. The highest BCUT2D eigenvalue weighted by molar-refractivity contribution is 5.94. The minimum Gasteiger partial charge on any atom is -0.292 e. The summed E-state index contributed by atoms with van der Waals surface area (Å²) in [5.41, 5.74) is 7.47. The molecule has 104 valence electrons. The predicted molar refractivity (Wildman–Crippen MR) is 89.0 cm³/mol. The molecule has 0 spiro atoms. The largest absolute Gasteiger partial charge is 0.292 e. The fourth-order valence-corrected chi connectivity index (χ4v) is 3.47. The lowest BCUT2D eigenvalue weighted by Crippen LogP contribution is -2.00. The summed E-state index contributed by atoms with van der Waals surface area (Å²) in [6, 6.07) is 17.1. The molecule has 0 N–H and O–H groups in total. The average molecular weight is 274 g/mol. The van der Waals surface area contributed by atoms with E-state index in [0.717, 1.165) is 24.0 Å². The summed E-state index contributed by atoms with van der Waals surface area (Å²) in [7, 11) is 0. The molecule has 21 heavy (non-hydrogen) atoms. The summed E-state index contributed by atoms with van der Waals surface area (Å²) in [6.07, 6.45) is 2.06. The lowest BCUT2D eigenvalue weighted by Gasteiger charge is -2.13. The summed E-state index contributed by atoms with van der Waals surface area (Å²) < 4.78 is 2.32. The number of nitrogens with zero attached hydrogens (tertiary/aromatic N) is 2. The Kier molecular flexibility index (Phi) is 2.71. The Hall–Kier alpha value is -2.35. The number of fused-ring (bicyclic) bond motifs is 5. The topological polar surface area (TPSA) is 17.3 Å². The Morgan fingerprint density at radius 1 is 0.810 bits per heavy atom. The monoisotopic (exact) mass is 274 g/mol. The third kappa shape index (κ3) is 1.62. The number of benzene rings is 2. The molecular weight excluding hydrogens is 256 g/mol. The molecule has 2 heterocycles. The number of aromatic nitrogens is 2. The number of pyridine rings is 1. The van der Waals surface area contributed by atoms with Crippen LogP contribution in [0, 0.1) is 0 Å². The van der Waals surface area contributed by atoms with E-state index in [1.807, 2.05) is 0 Å². The molecule has 0 radical (unpaired) electrons. The molecule has 0 aliphatic heterocycles. The van der Waals surface area contributed by atoms with Crippen LogP contribution >= 0.6 is 0 Å². The van der Waals surface area contributed by atoms with Gasteiger partial charge in [0.05, 0.1) is 16.6 Å². The maximum atomic E-state index is 4.91. The molecule has 0 atom stereocenters. The molecule has 0 unspecified atom stereocenters. The Balaban J connectivity index is 2.37. The highest BCUT2D eigenvalue weighted by Gasteiger charge is 2.15. The molecule has 0 aliphatic rings. The second-order valence-corrected chi connectivity index (χ2v) is 5.44. The molecule has 4 rings (SSSR count). The van der Waals surface area contributed by atoms with Gasteiger partial charge in [-0.15, -0.1) is 0 Å².